The van der Waals surface area contributed by atoms with E-state index in [0.717, 1.165) is 16.5 Å². The SMILES string of the molecule is O=c1[nH]ccc2nc(NCc3ccccn3)c3ccncc3c12. The fourth-order valence-electron chi connectivity index (χ4n) is 2.61. The lowest BCUT2D eigenvalue weighted by Crippen LogP contribution is -2.09. The van der Waals surface area contributed by atoms with Crippen LogP contribution in [-0.2, 0) is 6.54 Å². The van der Waals surface area contributed by atoms with Crippen molar-refractivity contribution in [3.8, 4) is 0 Å². The van der Waals surface area contributed by atoms with Gasteiger partial charge in [-0.3, -0.25) is 14.8 Å². The molecule has 0 aliphatic carbocycles. The average molecular weight is 303 g/mol. The maximum atomic E-state index is 12.1. The van der Waals surface area contributed by atoms with Gasteiger partial charge in [0.25, 0.3) is 5.56 Å². The Labute approximate surface area is 131 Å². The van der Waals surface area contributed by atoms with Crippen molar-refractivity contribution in [1.82, 2.24) is 19.9 Å². The predicted molar refractivity (Wildman–Crippen MR) is 89.2 cm³/mol. The van der Waals surface area contributed by atoms with E-state index in [9.17, 15) is 4.79 Å². The van der Waals surface area contributed by atoms with E-state index in [0.29, 0.717) is 23.3 Å². The third-order valence-corrected chi connectivity index (χ3v) is 3.68. The van der Waals surface area contributed by atoms with E-state index in [2.05, 4.69) is 25.3 Å². The Kier molecular flexibility index (Phi) is 3.20. The van der Waals surface area contributed by atoms with E-state index in [-0.39, 0.29) is 5.56 Å². The molecule has 4 rings (SSSR count). The second-order valence-corrected chi connectivity index (χ2v) is 5.12. The molecule has 0 saturated heterocycles. The summed E-state index contributed by atoms with van der Waals surface area (Å²) in [6.45, 7) is 0.556. The number of pyridine rings is 4. The van der Waals surface area contributed by atoms with Crippen LogP contribution >= 0.6 is 0 Å². The highest BCUT2D eigenvalue weighted by Crippen LogP contribution is 2.26. The maximum absolute atomic E-state index is 12.1. The molecule has 0 unspecified atom stereocenters. The van der Waals surface area contributed by atoms with Gasteiger partial charge in [-0.15, -0.1) is 0 Å². The first kappa shape index (κ1) is 13.4. The quantitative estimate of drug-likeness (QED) is 0.568. The summed E-state index contributed by atoms with van der Waals surface area (Å²) in [5, 5.41) is 5.50. The molecule has 0 radical (unpaired) electrons. The molecule has 4 aromatic heterocycles. The second kappa shape index (κ2) is 5.49. The van der Waals surface area contributed by atoms with Gasteiger partial charge in [-0.25, -0.2) is 4.98 Å². The average Bonchev–Trinajstić information content (AvgIpc) is 2.60. The minimum absolute atomic E-state index is 0.163. The third-order valence-electron chi connectivity index (χ3n) is 3.68. The van der Waals surface area contributed by atoms with Crippen LogP contribution in [0.4, 0.5) is 5.82 Å². The number of hydrogen-bond donors (Lipinski definition) is 2. The second-order valence-electron chi connectivity index (χ2n) is 5.12. The molecule has 112 valence electrons. The number of anilines is 1. The summed E-state index contributed by atoms with van der Waals surface area (Å²) in [6.07, 6.45) is 6.74. The Morgan fingerprint density at radius 3 is 2.91 bits per heavy atom. The van der Waals surface area contributed by atoms with Gasteiger partial charge < -0.3 is 10.3 Å². The molecular formula is C17H13N5O. The molecule has 0 fully saturated rings. The fraction of sp³-hybridized carbons (Fsp3) is 0.0588. The van der Waals surface area contributed by atoms with Crippen LogP contribution in [0.15, 0.2) is 59.9 Å². The first-order valence-corrected chi connectivity index (χ1v) is 7.22. The first-order chi connectivity index (χ1) is 11.3. The number of aromatic amines is 1. The molecule has 4 heterocycles. The molecule has 2 N–H and O–H groups in total. The zero-order valence-corrected chi connectivity index (χ0v) is 12.2. The lowest BCUT2D eigenvalue weighted by Gasteiger charge is -2.10. The molecule has 0 aliphatic rings. The predicted octanol–water partition coefficient (Wildman–Crippen LogP) is 2.48. The summed E-state index contributed by atoms with van der Waals surface area (Å²) in [5.74, 6) is 0.714. The first-order valence-electron chi connectivity index (χ1n) is 7.22. The summed E-state index contributed by atoms with van der Waals surface area (Å²) in [4.78, 5) is 27.8. The zero-order valence-electron chi connectivity index (χ0n) is 12.2. The highest BCUT2D eigenvalue weighted by molar-refractivity contribution is 6.09. The Morgan fingerprint density at radius 2 is 2.04 bits per heavy atom. The van der Waals surface area contributed by atoms with E-state index in [1.807, 2.05) is 24.3 Å². The van der Waals surface area contributed by atoms with Crippen LogP contribution in [0.1, 0.15) is 5.69 Å². The van der Waals surface area contributed by atoms with Crippen molar-refractivity contribution in [1.29, 1.82) is 0 Å². The molecular weight excluding hydrogens is 290 g/mol. The molecule has 4 aromatic rings. The van der Waals surface area contributed by atoms with E-state index in [1.54, 1.807) is 30.9 Å². The normalized spacial score (nSPS) is 11.0. The van der Waals surface area contributed by atoms with Crippen LogP contribution in [0, 0.1) is 0 Å². The highest BCUT2D eigenvalue weighted by atomic mass is 16.1. The Balaban J connectivity index is 1.87. The van der Waals surface area contributed by atoms with Crippen molar-refractivity contribution in [2.75, 3.05) is 5.32 Å². The summed E-state index contributed by atoms with van der Waals surface area (Å²) >= 11 is 0. The molecule has 0 aliphatic heterocycles. The molecule has 0 saturated carbocycles. The minimum atomic E-state index is -0.163. The van der Waals surface area contributed by atoms with Gasteiger partial charge in [-0.05, 0) is 24.3 Å². The largest absolute Gasteiger partial charge is 0.364 e. The fourth-order valence-corrected chi connectivity index (χ4v) is 2.61. The van der Waals surface area contributed by atoms with Gasteiger partial charge in [0.1, 0.15) is 5.82 Å². The van der Waals surface area contributed by atoms with Crippen molar-refractivity contribution in [2.24, 2.45) is 0 Å². The van der Waals surface area contributed by atoms with E-state index in [1.165, 1.54) is 0 Å². The Hall–Kier alpha value is -3.28. The lowest BCUT2D eigenvalue weighted by molar-refractivity contribution is 1.04. The summed E-state index contributed by atoms with van der Waals surface area (Å²) in [5.41, 5.74) is 1.39. The molecule has 6 heteroatoms. The molecule has 0 amide bonds. The molecule has 0 aromatic carbocycles. The molecule has 0 bridgehead atoms. The van der Waals surface area contributed by atoms with Gasteiger partial charge in [0.15, 0.2) is 0 Å². The topological polar surface area (TPSA) is 83.6 Å². The lowest BCUT2D eigenvalue weighted by atomic mass is 10.1. The summed E-state index contributed by atoms with van der Waals surface area (Å²) in [6, 6.07) is 9.41. The van der Waals surface area contributed by atoms with Crippen molar-refractivity contribution in [2.45, 2.75) is 6.54 Å². The standard InChI is InChI=1S/C17H13N5O/c23-17-15-13-10-18-7-4-12(13)16(22-14(15)5-8-20-17)21-9-11-3-1-2-6-19-11/h1-8,10H,9H2,(H,20,23)(H,21,22). The van der Waals surface area contributed by atoms with Gasteiger partial charge >= 0.3 is 0 Å². The number of hydrogen-bond acceptors (Lipinski definition) is 5. The van der Waals surface area contributed by atoms with Crippen LogP contribution in [0.5, 0.6) is 0 Å². The van der Waals surface area contributed by atoms with Gasteiger partial charge in [0, 0.05) is 35.6 Å². The molecule has 23 heavy (non-hydrogen) atoms. The van der Waals surface area contributed by atoms with E-state index >= 15 is 0 Å². The van der Waals surface area contributed by atoms with Crippen LogP contribution < -0.4 is 10.9 Å². The van der Waals surface area contributed by atoms with Crippen LogP contribution in [0.2, 0.25) is 0 Å². The van der Waals surface area contributed by atoms with Crippen molar-refractivity contribution < 1.29 is 0 Å². The number of rotatable bonds is 3. The highest BCUT2D eigenvalue weighted by Gasteiger charge is 2.10. The Bertz CT molecular complexity index is 1040. The van der Waals surface area contributed by atoms with Crippen LogP contribution in [-0.4, -0.2) is 19.9 Å². The summed E-state index contributed by atoms with van der Waals surface area (Å²) < 4.78 is 0. The van der Waals surface area contributed by atoms with Gasteiger partial charge in [-0.2, -0.15) is 0 Å². The molecule has 0 spiro atoms. The summed E-state index contributed by atoms with van der Waals surface area (Å²) in [7, 11) is 0. The third kappa shape index (κ3) is 2.40. The van der Waals surface area contributed by atoms with Crippen LogP contribution in [0.3, 0.4) is 0 Å². The smallest absolute Gasteiger partial charge is 0.258 e. The number of nitrogens with zero attached hydrogens (tertiary/aromatic N) is 3. The minimum Gasteiger partial charge on any atom is -0.364 e. The monoisotopic (exact) mass is 303 g/mol. The van der Waals surface area contributed by atoms with Crippen molar-refractivity contribution in [3.05, 3.63) is 71.2 Å². The van der Waals surface area contributed by atoms with Crippen LogP contribution in [0.25, 0.3) is 21.7 Å². The van der Waals surface area contributed by atoms with Gasteiger partial charge in [0.2, 0.25) is 0 Å². The van der Waals surface area contributed by atoms with Crippen molar-refractivity contribution >= 4 is 27.5 Å². The number of fused-ring (bicyclic) bond motifs is 3. The number of aromatic nitrogens is 4. The molecule has 6 nitrogen and oxygen atoms in total. The number of nitrogens with one attached hydrogen (secondary N) is 2. The van der Waals surface area contributed by atoms with Crippen molar-refractivity contribution in [3.63, 3.8) is 0 Å². The Morgan fingerprint density at radius 1 is 1.09 bits per heavy atom. The molecule has 0 atom stereocenters. The van der Waals surface area contributed by atoms with E-state index < -0.39 is 0 Å². The van der Waals surface area contributed by atoms with Gasteiger partial charge in [-0.1, -0.05) is 6.07 Å². The van der Waals surface area contributed by atoms with E-state index in [4.69, 9.17) is 0 Å². The maximum Gasteiger partial charge on any atom is 0.258 e. The number of H-pyrrole nitrogens is 1. The van der Waals surface area contributed by atoms with Gasteiger partial charge in [0.05, 0.1) is 23.1 Å². The zero-order chi connectivity index (χ0) is 15.6.